The normalized spacial score (nSPS) is 10.5. The van der Waals surface area contributed by atoms with Gasteiger partial charge in [0.1, 0.15) is 0 Å². The van der Waals surface area contributed by atoms with Gasteiger partial charge >= 0.3 is 11.9 Å². The van der Waals surface area contributed by atoms with Gasteiger partial charge in [-0.1, -0.05) is 6.07 Å². The molecule has 6 N–H and O–H groups in total. The highest BCUT2D eigenvalue weighted by Gasteiger charge is 2.21. The third-order valence-electron chi connectivity index (χ3n) is 3.40. The summed E-state index contributed by atoms with van der Waals surface area (Å²) in [5, 5.41) is 18.8. The minimum absolute atomic E-state index is 0.0647. The summed E-state index contributed by atoms with van der Waals surface area (Å²) in [6, 6.07) is 7.71. The van der Waals surface area contributed by atoms with Crippen molar-refractivity contribution in [2.75, 3.05) is 5.73 Å². The molecule has 0 amide bonds. The molecule has 0 saturated heterocycles. The molecule has 2 rings (SSSR count). The third kappa shape index (κ3) is 2.77. The van der Waals surface area contributed by atoms with Crippen LogP contribution in [0.1, 0.15) is 31.8 Å². The zero-order valence-electron chi connectivity index (χ0n) is 12.0. The molecule has 2 aromatic carbocycles. The molecule has 0 radical (unpaired) electrons. The Bertz CT molecular complexity index is 734. The van der Waals surface area contributed by atoms with E-state index in [1.54, 1.807) is 25.1 Å². The van der Waals surface area contributed by atoms with Crippen molar-refractivity contribution in [3.8, 4) is 11.1 Å². The Hall–Kier alpha value is -2.86. The van der Waals surface area contributed by atoms with Gasteiger partial charge in [0.2, 0.25) is 0 Å². The summed E-state index contributed by atoms with van der Waals surface area (Å²) >= 11 is 0. The van der Waals surface area contributed by atoms with Crippen LogP contribution in [-0.4, -0.2) is 22.2 Å². The minimum Gasteiger partial charge on any atom is -0.478 e. The van der Waals surface area contributed by atoms with Crippen molar-refractivity contribution in [3.63, 3.8) is 0 Å². The lowest BCUT2D eigenvalue weighted by Crippen LogP contribution is -2.09. The van der Waals surface area contributed by atoms with E-state index in [1.807, 2.05) is 0 Å². The van der Waals surface area contributed by atoms with E-state index in [0.717, 1.165) is 0 Å². The van der Waals surface area contributed by atoms with Gasteiger partial charge in [-0.25, -0.2) is 9.59 Å². The molecule has 114 valence electrons. The predicted octanol–water partition coefficient (Wildman–Crippen LogP) is 2.10. The van der Waals surface area contributed by atoms with E-state index >= 15 is 0 Å². The summed E-state index contributed by atoms with van der Waals surface area (Å²) in [7, 11) is 0. The van der Waals surface area contributed by atoms with Crippen molar-refractivity contribution in [1.29, 1.82) is 0 Å². The van der Waals surface area contributed by atoms with Gasteiger partial charge in [0, 0.05) is 17.8 Å². The van der Waals surface area contributed by atoms with Crippen LogP contribution in [0.2, 0.25) is 0 Å². The molecule has 22 heavy (non-hydrogen) atoms. The molecule has 0 aliphatic heterocycles. The fourth-order valence-electron chi connectivity index (χ4n) is 2.37. The number of rotatable bonds is 4. The lowest BCUT2D eigenvalue weighted by atomic mass is 9.91. The van der Waals surface area contributed by atoms with Crippen LogP contribution in [0, 0.1) is 6.92 Å². The number of hydrogen-bond acceptors (Lipinski definition) is 4. The van der Waals surface area contributed by atoms with E-state index in [2.05, 4.69) is 0 Å². The molecule has 6 heteroatoms. The first-order valence-electron chi connectivity index (χ1n) is 6.55. The molecule has 0 spiro atoms. The van der Waals surface area contributed by atoms with E-state index in [0.29, 0.717) is 22.4 Å². The smallest absolute Gasteiger partial charge is 0.336 e. The molecule has 0 aliphatic carbocycles. The summed E-state index contributed by atoms with van der Waals surface area (Å²) in [5.74, 6) is -2.38. The topological polar surface area (TPSA) is 127 Å². The number of nitrogens with two attached hydrogens (primary N) is 2. The maximum Gasteiger partial charge on any atom is 0.336 e. The molecule has 6 nitrogen and oxygen atoms in total. The molecule has 0 atom stereocenters. The van der Waals surface area contributed by atoms with Crippen LogP contribution in [0.15, 0.2) is 30.3 Å². The third-order valence-corrected chi connectivity index (χ3v) is 3.40. The van der Waals surface area contributed by atoms with E-state index in [-0.39, 0.29) is 23.2 Å². The van der Waals surface area contributed by atoms with Gasteiger partial charge in [-0.05, 0) is 47.9 Å². The molecule has 0 aliphatic rings. The summed E-state index contributed by atoms with van der Waals surface area (Å²) in [5.41, 5.74) is 13.5. The Morgan fingerprint density at radius 2 is 1.59 bits per heavy atom. The van der Waals surface area contributed by atoms with Crippen LogP contribution in [0.25, 0.3) is 11.1 Å². The SMILES string of the molecule is Cc1cc(C(=O)O)c(-c2ccc(N)c(CN)c2)c(C(=O)O)c1. The summed E-state index contributed by atoms with van der Waals surface area (Å²) in [6.07, 6.45) is 0. The number of carboxylic acid groups (broad SMARTS) is 2. The highest BCUT2D eigenvalue weighted by Crippen LogP contribution is 2.31. The van der Waals surface area contributed by atoms with Crippen molar-refractivity contribution in [2.45, 2.75) is 13.5 Å². The van der Waals surface area contributed by atoms with Crippen LogP contribution in [0.5, 0.6) is 0 Å². The van der Waals surface area contributed by atoms with E-state index in [1.165, 1.54) is 12.1 Å². The zero-order chi connectivity index (χ0) is 16.4. The highest BCUT2D eigenvalue weighted by atomic mass is 16.4. The average Bonchev–Trinajstić information content (AvgIpc) is 2.47. The number of aryl methyl sites for hydroxylation is 1. The van der Waals surface area contributed by atoms with Gasteiger partial charge in [0.25, 0.3) is 0 Å². The van der Waals surface area contributed by atoms with E-state index < -0.39 is 11.9 Å². The molecule has 0 bridgehead atoms. The van der Waals surface area contributed by atoms with Crippen LogP contribution in [-0.2, 0) is 6.54 Å². The molecular weight excluding hydrogens is 284 g/mol. The van der Waals surface area contributed by atoms with Crippen molar-refractivity contribution < 1.29 is 19.8 Å². The van der Waals surface area contributed by atoms with Gasteiger partial charge in [-0.15, -0.1) is 0 Å². The lowest BCUT2D eigenvalue weighted by molar-refractivity contribution is 0.0696. The maximum atomic E-state index is 11.5. The van der Waals surface area contributed by atoms with Crippen molar-refractivity contribution in [3.05, 3.63) is 52.6 Å². The number of nitrogen functional groups attached to an aromatic ring is 1. The fourth-order valence-corrected chi connectivity index (χ4v) is 2.37. The van der Waals surface area contributed by atoms with Gasteiger partial charge in [-0.3, -0.25) is 0 Å². The summed E-state index contributed by atoms with van der Waals surface area (Å²) in [6.45, 7) is 1.83. The van der Waals surface area contributed by atoms with Crippen LogP contribution in [0.3, 0.4) is 0 Å². The Morgan fingerprint density at radius 3 is 2.05 bits per heavy atom. The Labute approximate surface area is 127 Å². The number of carboxylic acids is 2. The molecule has 0 unspecified atom stereocenters. The zero-order valence-corrected chi connectivity index (χ0v) is 12.0. The average molecular weight is 300 g/mol. The Kier molecular flexibility index (Phi) is 4.14. The molecular formula is C16H16N2O4. The highest BCUT2D eigenvalue weighted by molar-refractivity contribution is 6.05. The number of aromatic carboxylic acids is 2. The van der Waals surface area contributed by atoms with Crippen molar-refractivity contribution in [2.24, 2.45) is 5.73 Å². The molecule has 0 aromatic heterocycles. The second-order valence-electron chi connectivity index (χ2n) is 4.96. The number of anilines is 1. The first-order chi connectivity index (χ1) is 10.3. The summed E-state index contributed by atoms with van der Waals surface area (Å²) in [4.78, 5) is 23.0. The molecule has 2 aromatic rings. The van der Waals surface area contributed by atoms with Gasteiger partial charge in [-0.2, -0.15) is 0 Å². The van der Waals surface area contributed by atoms with E-state index in [4.69, 9.17) is 11.5 Å². The number of hydrogen-bond donors (Lipinski definition) is 4. The first kappa shape index (κ1) is 15.5. The standard InChI is InChI=1S/C16H16N2O4/c1-8-4-11(15(19)20)14(12(5-8)16(21)22)9-2-3-13(18)10(6-9)7-17/h2-6H,7,17-18H2,1H3,(H,19,20)(H,21,22). The fraction of sp³-hybridized carbons (Fsp3) is 0.125. The Balaban J connectivity index is 2.83. The molecule has 0 fully saturated rings. The summed E-state index contributed by atoms with van der Waals surface area (Å²) < 4.78 is 0. The van der Waals surface area contributed by atoms with Gasteiger partial charge in [0.15, 0.2) is 0 Å². The van der Waals surface area contributed by atoms with Crippen molar-refractivity contribution >= 4 is 17.6 Å². The van der Waals surface area contributed by atoms with Crippen LogP contribution < -0.4 is 11.5 Å². The largest absolute Gasteiger partial charge is 0.478 e. The monoisotopic (exact) mass is 300 g/mol. The lowest BCUT2D eigenvalue weighted by Gasteiger charge is -2.13. The van der Waals surface area contributed by atoms with Crippen molar-refractivity contribution in [1.82, 2.24) is 0 Å². The number of carbonyl (C=O) groups is 2. The van der Waals surface area contributed by atoms with Crippen LogP contribution in [0.4, 0.5) is 5.69 Å². The van der Waals surface area contributed by atoms with E-state index in [9.17, 15) is 19.8 Å². The second kappa shape index (κ2) is 5.87. The minimum atomic E-state index is -1.19. The Morgan fingerprint density at radius 1 is 1.05 bits per heavy atom. The van der Waals surface area contributed by atoms with Gasteiger partial charge < -0.3 is 21.7 Å². The molecule has 0 saturated carbocycles. The quantitative estimate of drug-likeness (QED) is 0.640. The first-order valence-corrected chi connectivity index (χ1v) is 6.55. The van der Waals surface area contributed by atoms with Crippen LogP contribution >= 0.6 is 0 Å². The second-order valence-corrected chi connectivity index (χ2v) is 4.96. The van der Waals surface area contributed by atoms with Gasteiger partial charge in [0.05, 0.1) is 11.1 Å². The maximum absolute atomic E-state index is 11.5. The molecule has 0 heterocycles. The predicted molar refractivity (Wildman–Crippen MR) is 82.8 cm³/mol. The number of benzene rings is 2.